The molecule has 0 heterocycles. The molecule has 1 N–H and O–H groups in total. The first-order valence-corrected chi connectivity index (χ1v) is 11.1. The molecule has 0 saturated heterocycles. The van der Waals surface area contributed by atoms with E-state index in [1.54, 1.807) is 0 Å². The van der Waals surface area contributed by atoms with Crippen LogP contribution >= 0.6 is 0 Å². The lowest BCUT2D eigenvalue weighted by molar-refractivity contribution is 0.155. The van der Waals surface area contributed by atoms with Crippen LogP contribution in [0.3, 0.4) is 0 Å². The predicted molar refractivity (Wildman–Crippen MR) is 128 cm³/mol. The van der Waals surface area contributed by atoms with Gasteiger partial charge in [-0.1, -0.05) is 99.5 Å². The molecule has 2 aromatic rings. The van der Waals surface area contributed by atoms with Crippen molar-refractivity contribution in [2.75, 3.05) is 13.1 Å². The summed E-state index contributed by atoms with van der Waals surface area (Å²) in [6, 6.07) is 16.7. The number of hydrogen-bond donors (Lipinski definition) is 1. The van der Waals surface area contributed by atoms with Crippen LogP contribution in [0, 0.1) is 0 Å². The molecule has 0 aliphatic carbocycles. The number of rotatable bonds is 12. The van der Waals surface area contributed by atoms with Crippen molar-refractivity contribution in [2.24, 2.45) is 0 Å². The summed E-state index contributed by atoms with van der Waals surface area (Å²) < 4.78 is 0. The first-order chi connectivity index (χ1) is 14.7. The van der Waals surface area contributed by atoms with Crippen LogP contribution in [0.1, 0.15) is 61.8 Å². The van der Waals surface area contributed by atoms with Gasteiger partial charge in [0.1, 0.15) is 0 Å². The molecule has 0 aliphatic heterocycles. The molecule has 3 nitrogen and oxygen atoms in total. The van der Waals surface area contributed by atoms with E-state index in [0.717, 1.165) is 25.7 Å². The topological polar surface area (TPSA) is 40.5 Å². The summed E-state index contributed by atoms with van der Waals surface area (Å²) in [5, 5.41) is 9.57. The zero-order chi connectivity index (χ0) is 21.6. The quantitative estimate of drug-likeness (QED) is 0.410. The van der Waals surface area contributed by atoms with Crippen LogP contribution in [-0.2, 0) is 12.8 Å². The van der Waals surface area contributed by atoms with Crippen molar-refractivity contribution in [1.29, 1.82) is 0 Å². The third-order valence-corrected chi connectivity index (χ3v) is 5.23. The second kappa shape index (κ2) is 13.4. The van der Waals surface area contributed by atoms with Crippen LogP contribution in [0.2, 0.25) is 0 Å². The van der Waals surface area contributed by atoms with E-state index in [1.807, 2.05) is 36.4 Å². The monoisotopic (exact) mass is 405 g/mol. The second-order valence-corrected chi connectivity index (χ2v) is 7.60. The normalized spacial score (nSPS) is 11.4. The summed E-state index contributed by atoms with van der Waals surface area (Å²) in [6.07, 6.45) is 13.9. The minimum absolute atomic E-state index is 0.374. The van der Waals surface area contributed by atoms with Gasteiger partial charge in [0.2, 0.25) is 0 Å². The lowest BCUT2D eigenvalue weighted by Crippen LogP contribution is -2.29. The molecule has 0 aliphatic rings. The van der Waals surface area contributed by atoms with Crippen molar-refractivity contribution >= 4 is 18.2 Å². The summed E-state index contributed by atoms with van der Waals surface area (Å²) in [7, 11) is 0. The minimum Gasteiger partial charge on any atom is -0.465 e. The highest BCUT2D eigenvalue weighted by atomic mass is 16.4. The third-order valence-electron chi connectivity index (χ3n) is 5.23. The van der Waals surface area contributed by atoms with Crippen LogP contribution in [-0.4, -0.2) is 29.2 Å². The van der Waals surface area contributed by atoms with Crippen LogP contribution in [0.15, 0.2) is 60.7 Å². The molecule has 0 unspecified atom stereocenters. The van der Waals surface area contributed by atoms with E-state index in [2.05, 4.69) is 50.2 Å². The number of aryl methyl sites for hydroxylation is 2. The number of unbranched alkanes of at least 4 members (excludes halogenated alkanes) is 2. The summed E-state index contributed by atoms with van der Waals surface area (Å²) in [5.41, 5.74) is 5.00. The second-order valence-electron chi connectivity index (χ2n) is 7.60. The lowest BCUT2D eigenvalue weighted by atomic mass is 10.0. The van der Waals surface area contributed by atoms with Gasteiger partial charge >= 0.3 is 6.09 Å². The average molecular weight is 406 g/mol. The molecule has 2 aromatic carbocycles. The van der Waals surface area contributed by atoms with Crippen molar-refractivity contribution in [3.8, 4) is 0 Å². The number of carboxylic acid groups (broad SMARTS) is 1. The lowest BCUT2D eigenvalue weighted by Gasteiger charge is -2.15. The van der Waals surface area contributed by atoms with E-state index < -0.39 is 6.09 Å². The molecule has 0 radical (unpaired) electrons. The zero-order valence-corrected chi connectivity index (χ0v) is 18.4. The SMILES string of the molecule is CCCCc1ccccc1/C=C/CN(C/C=C/c1ccccc1CCCC)C(=O)O. The van der Waals surface area contributed by atoms with Gasteiger partial charge in [-0.3, -0.25) is 0 Å². The van der Waals surface area contributed by atoms with Gasteiger partial charge in [-0.05, 0) is 47.9 Å². The largest absolute Gasteiger partial charge is 0.465 e. The first-order valence-electron chi connectivity index (χ1n) is 11.1. The highest BCUT2D eigenvalue weighted by Crippen LogP contribution is 2.15. The number of hydrogen-bond acceptors (Lipinski definition) is 1. The number of nitrogens with zero attached hydrogens (tertiary/aromatic N) is 1. The van der Waals surface area contributed by atoms with Crippen molar-refractivity contribution in [2.45, 2.75) is 52.4 Å². The highest BCUT2D eigenvalue weighted by Gasteiger charge is 2.08. The molecule has 160 valence electrons. The van der Waals surface area contributed by atoms with Crippen molar-refractivity contribution in [1.82, 2.24) is 4.90 Å². The molecule has 0 spiro atoms. The summed E-state index contributed by atoms with van der Waals surface area (Å²) in [4.78, 5) is 13.1. The summed E-state index contributed by atoms with van der Waals surface area (Å²) in [6.45, 7) is 5.14. The van der Waals surface area contributed by atoms with E-state index in [-0.39, 0.29) is 0 Å². The molecule has 0 atom stereocenters. The van der Waals surface area contributed by atoms with Gasteiger partial charge in [0.25, 0.3) is 0 Å². The molecule has 30 heavy (non-hydrogen) atoms. The maximum absolute atomic E-state index is 11.7. The Labute approximate surface area is 181 Å². The molecule has 0 bridgehead atoms. The Balaban J connectivity index is 1.99. The van der Waals surface area contributed by atoms with E-state index in [4.69, 9.17) is 0 Å². The van der Waals surface area contributed by atoms with Gasteiger partial charge < -0.3 is 10.0 Å². The molecule has 2 rings (SSSR count). The fourth-order valence-corrected chi connectivity index (χ4v) is 3.43. The van der Waals surface area contributed by atoms with Crippen molar-refractivity contribution in [3.63, 3.8) is 0 Å². The van der Waals surface area contributed by atoms with E-state index in [1.165, 1.54) is 40.0 Å². The Bertz CT molecular complexity index is 775. The highest BCUT2D eigenvalue weighted by molar-refractivity contribution is 5.66. The van der Waals surface area contributed by atoms with Crippen LogP contribution < -0.4 is 0 Å². The minimum atomic E-state index is -0.900. The van der Waals surface area contributed by atoms with Crippen molar-refractivity contribution in [3.05, 3.63) is 82.9 Å². The van der Waals surface area contributed by atoms with Crippen LogP contribution in [0.4, 0.5) is 4.79 Å². The average Bonchev–Trinajstić information content (AvgIpc) is 2.76. The maximum atomic E-state index is 11.7. The number of benzene rings is 2. The van der Waals surface area contributed by atoms with Crippen LogP contribution in [0.25, 0.3) is 12.2 Å². The fourth-order valence-electron chi connectivity index (χ4n) is 3.43. The summed E-state index contributed by atoms with van der Waals surface area (Å²) >= 11 is 0. The van der Waals surface area contributed by atoms with Gasteiger partial charge in [-0.25, -0.2) is 4.79 Å². The zero-order valence-electron chi connectivity index (χ0n) is 18.4. The smallest absolute Gasteiger partial charge is 0.407 e. The van der Waals surface area contributed by atoms with Gasteiger partial charge in [0.05, 0.1) is 0 Å². The Morgan fingerprint density at radius 3 is 1.63 bits per heavy atom. The Hall–Kier alpha value is -2.81. The third kappa shape index (κ3) is 7.90. The number of carbonyl (C=O) groups is 1. The first kappa shape index (κ1) is 23.5. The molecule has 1 amide bonds. The van der Waals surface area contributed by atoms with Crippen LogP contribution in [0.5, 0.6) is 0 Å². The van der Waals surface area contributed by atoms with Gasteiger partial charge in [0.15, 0.2) is 0 Å². The van der Waals surface area contributed by atoms with E-state index >= 15 is 0 Å². The Morgan fingerprint density at radius 2 is 1.23 bits per heavy atom. The molecular formula is C27H35NO2. The summed E-state index contributed by atoms with van der Waals surface area (Å²) in [5.74, 6) is 0. The van der Waals surface area contributed by atoms with Gasteiger partial charge in [-0.15, -0.1) is 0 Å². The van der Waals surface area contributed by atoms with Crippen molar-refractivity contribution < 1.29 is 9.90 Å². The number of amides is 1. The van der Waals surface area contributed by atoms with Gasteiger partial charge in [0, 0.05) is 13.1 Å². The standard InChI is InChI=1S/C27H35NO2/c1-3-5-13-23-15-7-9-17-25(23)19-11-21-28(27(29)30)22-12-20-26-18-10-8-16-24(26)14-6-4-2/h7-12,15-20H,3-6,13-14,21-22H2,1-2H3,(H,29,30)/b19-11+,20-12+. The molecule has 0 aromatic heterocycles. The maximum Gasteiger partial charge on any atom is 0.407 e. The Kier molecular flexibility index (Phi) is 10.5. The molecular weight excluding hydrogens is 370 g/mol. The van der Waals surface area contributed by atoms with E-state index in [9.17, 15) is 9.90 Å². The molecule has 3 heteroatoms. The Morgan fingerprint density at radius 1 is 0.800 bits per heavy atom. The molecule has 0 fully saturated rings. The fraction of sp³-hybridized carbons (Fsp3) is 0.370. The van der Waals surface area contributed by atoms with E-state index in [0.29, 0.717) is 13.1 Å². The predicted octanol–water partition coefficient (Wildman–Crippen LogP) is 7.08. The molecule has 0 saturated carbocycles. The van der Waals surface area contributed by atoms with Gasteiger partial charge in [-0.2, -0.15) is 0 Å².